The number of ether oxygens (including phenoxy) is 1. The number of halogens is 1. The number of benzene rings is 1. The summed E-state index contributed by atoms with van der Waals surface area (Å²) in [6, 6.07) is 6.72. The third-order valence-corrected chi connectivity index (χ3v) is 6.73. The van der Waals surface area contributed by atoms with E-state index < -0.39 is 17.3 Å². The second-order valence-electron chi connectivity index (χ2n) is 10.4. The predicted molar refractivity (Wildman–Crippen MR) is 145 cm³/mol. The largest absolute Gasteiger partial charge is 0.490 e. The fraction of sp³-hybridized carbons (Fsp3) is 0.393. The van der Waals surface area contributed by atoms with Crippen molar-refractivity contribution in [2.45, 2.75) is 46.8 Å². The van der Waals surface area contributed by atoms with Crippen LogP contribution in [0.25, 0.3) is 16.8 Å². The van der Waals surface area contributed by atoms with Crippen LogP contribution in [0.1, 0.15) is 49.5 Å². The third-order valence-electron chi connectivity index (χ3n) is 6.73. The van der Waals surface area contributed by atoms with E-state index in [9.17, 15) is 14.3 Å². The molecule has 9 nitrogen and oxygen atoms in total. The van der Waals surface area contributed by atoms with E-state index in [1.165, 1.54) is 6.07 Å². The van der Waals surface area contributed by atoms with Crippen LogP contribution in [-0.2, 0) is 24.8 Å². The number of nitrogens with one attached hydrogen (secondary N) is 2. The highest BCUT2D eigenvalue weighted by Crippen LogP contribution is 2.39. The van der Waals surface area contributed by atoms with E-state index in [4.69, 9.17) is 4.74 Å². The molecule has 0 aliphatic heterocycles. The highest BCUT2D eigenvalue weighted by atomic mass is 19.1. The summed E-state index contributed by atoms with van der Waals surface area (Å²) >= 11 is 0. The highest BCUT2D eigenvalue weighted by Gasteiger charge is 2.30. The Morgan fingerprint density at radius 1 is 1.24 bits per heavy atom. The summed E-state index contributed by atoms with van der Waals surface area (Å²) in [6.45, 7) is 8.62. The number of nitrogens with zero attached hydrogens (tertiary/aromatic N) is 4. The molecule has 0 radical (unpaired) electrons. The SMILES string of the molecule is CNCc1cnc2ccc(-c3ccc(F)c(NC=O)c3OCCc3c(C(O)C(C)(C)C)nn(C)c3C)cn12. The first-order valence-corrected chi connectivity index (χ1v) is 12.5. The number of carbonyl (C=O) groups excluding carboxylic acids is 1. The van der Waals surface area contributed by atoms with Crippen molar-refractivity contribution in [2.75, 3.05) is 19.0 Å². The molecule has 1 atom stereocenters. The second kappa shape index (κ2) is 10.9. The Kier molecular flexibility index (Phi) is 7.84. The van der Waals surface area contributed by atoms with Gasteiger partial charge in [-0.3, -0.25) is 9.48 Å². The van der Waals surface area contributed by atoms with Crippen molar-refractivity contribution in [3.63, 3.8) is 0 Å². The molecule has 3 heterocycles. The van der Waals surface area contributed by atoms with E-state index in [-0.39, 0.29) is 18.0 Å². The number of fused-ring (bicyclic) bond motifs is 1. The summed E-state index contributed by atoms with van der Waals surface area (Å²) in [5, 5.41) is 21.1. The van der Waals surface area contributed by atoms with Crippen LogP contribution in [0.15, 0.2) is 36.7 Å². The van der Waals surface area contributed by atoms with Crippen LogP contribution >= 0.6 is 0 Å². The quantitative estimate of drug-likeness (QED) is 0.270. The number of aliphatic hydroxyl groups is 1. The number of carbonyl (C=O) groups is 1. The number of aromatic nitrogens is 4. The molecule has 1 unspecified atom stereocenters. The van der Waals surface area contributed by atoms with Crippen molar-refractivity contribution in [3.05, 3.63) is 65.1 Å². The van der Waals surface area contributed by atoms with Gasteiger partial charge in [-0.05, 0) is 43.7 Å². The number of amides is 1. The maximum atomic E-state index is 14.8. The molecule has 3 N–H and O–H groups in total. The average Bonchev–Trinajstić information content (AvgIpc) is 3.40. The summed E-state index contributed by atoms with van der Waals surface area (Å²) < 4.78 is 24.8. The fourth-order valence-corrected chi connectivity index (χ4v) is 4.50. The van der Waals surface area contributed by atoms with Crippen molar-refractivity contribution in [3.8, 4) is 16.9 Å². The maximum absolute atomic E-state index is 14.8. The molecular formula is C28H35FN6O3. The van der Waals surface area contributed by atoms with Crippen LogP contribution in [-0.4, -0.2) is 44.3 Å². The highest BCUT2D eigenvalue weighted by molar-refractivity contribution is 5.84. The van der Waals surface area contributed by atoms with Gasteiger partial charge < -0.3 is 24.9 Å². The van der Waals surface area contributed by atoms with Gasteiger partial charge in [0.2, 0.25) is 6.41 Å². The second-order valence-corrected chi connectivity index (χ2v) is 10.4. The Morgan fingerprint density at radius 2 is 2.00 bits per heavy atom. The van der Waals surface area contributed by atoms with E-state index in [2.05, 4.69) is 20.7 Å². The van der Waals surface area contributed by atoms with Crippen molar-refractivity contribution in [1.29, 1.82) is 0 Å². The number of pyridine rings is 1. The molecule has 4 aromatic rings. The maximum Gasteiger partial charge on any atom is 0.211 e. The monoisotopic (exact) mass is 522 g/mol. The molecule has 0 saturated heterocycles. The Hall–Kier alpha value is -3.76. The van der Waals surface area contributed by atoms with E-state index in [1.54, 1.807) is 16.9 Å². The van der Waals surface area contributed by atoms with Crippen LogP contribution in [0.4, 0.5) is 10.1 Å². The Labute approximate surface area is 221 Å². The minimum Gasteiger partial charge on any atom is -0.490 e. The molecule has 1 amide bonds. The average molecular weight is 523 g/mol. The molecule has 202 valence electrons. The number of hydrogen-bond donors (Lipinski definition) is 3. The number of aryl methyl sites for hydroxylation is 1. The molecular weight excluding hydrogens is 487 g/mol. The number of rotatable bonds is 10. The van der Waals surface area contributed by atoms with Crippen molar-refractivity contribution in [2.24, 2.45) is 12.5 Å². The van der Waals surface area contributed by atoms with Gasteiger partial charge in [0.15, 0.2) is 11.6 Å². The first-order chi connectivity index (χ1) is 18.1. The van der Waals surface area contributed by atoms with E-state index in [1.807, 2.05) is 64.5 Å². The molecule has 0 aliphatic rings. The smallest absolute Gasteiger partial charge is 0.211 e. The van der Waals surface area contributed by atoms with Gasteiger partial charge in [-0.1, -0.05) is 20.8 Å². The fourth-order valence-electron chi connectivity index (χ4n) is 4.50. The molecule has 1 aromatic carbocycles. The number of anilines is 1. The molecule has 0 bridgehead atoms. The van der Waals surface area contributed by atoms with Gasteiger partial charge >= 0.3 is 0 Å². The summed E-state index contributed by atoms with van der Waals surface area (Å²) in [6.07, 6.45) is 3.83. The Morgan fingerprint density at radius 3 is 2.68 bits per heavy atom. The lowest BCUT2D eigenvalue weighted by atomic mass is 9.85. The number of imidazole rings is 1. The molecule has 3 aromatic heterocycles. The zero-order valence-electron chi connectivity index (χ0n) is 22.7. The Bertz CT molecular complexity index is 1450. The summed E-state index contributed by atoms with van der Waals surface area (Å²) in [5.41, 5.74) is 5.13. The molecule has 10 heteroatoms. The number of aliphatic hydroxyl groups excluding tert-OH is 1. The van der Waals surface area contributed by atoms with Crippen molar-refractivity contribution < 1.29 is 19.0 Å². The predicted octanol–water partition coefficient (Wildman–Crippen LogP) is 4.17. The van der Waals surface area contributed by atoms with Crippen LogP contribution in [0.5, 0.6) is 5.75 Å². The molecule has 0 spiro atoms. The van der Waals surface area contributed by atoms with E-state index >= 15 is 0 Å². The van der Waals surface area contributed by atoms with Gasteiger partial charge in [0.05, 0.1) is 24.2 Å². The van der Waals surface area contributed by atoms with Gasteiger partial charge in [-0.25, -0.2) is 9.37 Å². The van der Waals surface area contributed by atoms with Gasteiger partial charge in [0.1, 0.15) is 17.4 Å². The molecule has 0 aliphatic carbocycles. The van der Waals surface area contributed by atoms with Crippen LogP contribution in [0, 0.1) is 18.2 Å². The summed E-state index contributed by atoms with van der Waals surface area (Å²) in [5.74, 6) is -0.372. The Balaban J connectivity index is 1.71. The van der Waals surface area contributed by atoms with Gasteiger partial charge in [0, 0.05) is 48.6 Å². The van der Waals surface area contributed by atoms with Crippen molar-refractivity contribution >= 4 is 17.7 Å². The van der Waals surface area contributed by atoms with Crippen molar-refractivity contribution in [1.82, 2.24) is 24.5 Å². The zero-order chi connectivity index (χ0) is 27.6. The lowest BCUT2D eigenvalue weighted by molar-refractivity contribution is -0.105. The number of hydrogen-bond acceptors (Lipinski definition) is 6. The lowest BCUT2D eigenvalue weighted by Gasteiger charge is -2.25. The van der Waals surface area contributed by atoms with Crippen LogP contribution in [0.2, 0.25) is 0 Å². The van der Waals surface area contributed by atoms with Gasteiger partial charge in [0.25, 0.3) is 0 Å². The molecule has 38 heavy (non-hydrogen) atoms. The third kappa shape index (κ3) is 5.27. The molecule has 0 fully saturated rings. The molecule has 0 saturated carbocycles. The van der Waals surface area contributed by atoms with E-state index in [0.717, 1.165) is 28.2 Å². The van der Waals surface area contributed by atoms with Gasteiger partial charge in [-0.15, -0.1) is 0 Å². The minimum atomic E-state index is -0.761. The summed E-state index contributed by atoms with van der Waals surface area (Å²) in [4.78, 5) is 15.8. The minimum absolute atomic E-state index is 0.0310. The summed E-state index contributed by atoms with van der Waals surface area (Å²) in [7, 11) is 3.70. The van der Waals surface area contributed by atoms with Crippen LogP contribution in [0.3, 0.4) is 0 Å². The van der Waals surface area contributed by atoms with Gasteiger partial charge in [-0.2, -0.15) is 5.10 Å². The molecule has 4 rings (SSSR count). The van der Waals surface area contributed by atoms with Crippen LogP contribution < -0.4 is 15.4 Å². The first-order valence-electron chi connectivity index (χ1n) is 12.5. The first kappa shape index (κ1) is 27.3. The van der Waals surface area contributed by atoms with E-state index in [0.29, 0.717) is 30.6 Å². The topological polar surface area (TPSA) is 106 Å². The lowest BCUT2D eigenvalue weighted by Crippen LogP contribution is -2.20. The standard InChI is InChI=1S/C28H35FN6O3/c1-17-20(24(33-34(17)6)27(37)28(2,3)4)11-12-38-26-21(8-9-22(29)25(26)32-16-36)18-7-10-23-31-14-19(13-30-5)35(23)15-18/h7-10,14-16,27,30,37H,11-13H2,1-6H3,(H,32,36). The normalized spacial score (nSPS) is 12.6. The zero-order valence-corrected chi connectivity index (χ0v) is 22.7.